The van der Waals surface area contributed by atoms with Gasteiger partial charge in [-0.3, -0.25) is 10.1 Å². The number of non-ortho nitro benzene ring substituents is 1. The first-order valence-corrected chi connectivity index (χ1v) is 6.47. The van der Waals surface area contributed by atoms with Gasteiger partial charge in [0.05, 0.1) is 24.1 Å². The predicted octanol–water partition coefficient (Wildman–Crippen LogP) is 2.12. The molecule has 0 bridgehead atoms. The lowest BCUT2D eigenvalue weighted by Crippen LogP contribution is -2.38. The van der Waals surface area contributed by atoms with Gasteiger partial charge in [0, 0.05) is 12.6 Å². The van der Waals surface area contributed by atoms with Gasteiger partial charge >= 0.3 is 6.09 Å². The van der Waals surface area contributed by atoms with E-state index in [0.29, 0.717) is 18.7 Å². The highest BCUT2D eigenvalue weighted by molar-refractivity contribution is 5.65. The van der Waals surface area contributed by atoms with Crippen molar-refractivity contribution in [3.63, 3.8) is 0 Å². The van der Waals surface area contributed by atoms with Crippen LogP contribution in [-0.4, -0.2) is 47.3 Å². The lowest BCUT2D eigenvalue weighted by atomic mass is 10.2. The van der Waals surface area contributed by atoms with E-state index < -0.39 is 11.0 Å². The molecule has 1 atom stereocenters. The van der Waals surface area contributed by atoms with Crippen LogP contribution in [0.5, 0.6) is 11.5 Å². The van der Waals surface area contributed by atoms with E-state index in [2.05, 4.69) is 0 Å². The second-order valence-electron chi connectivity index (χ2n) is 4.68. The molecule has 21 heavy (non-hydrogen) atoms. The first kappa shape index (κ1) is 14.9. The highest BCUT2D eigenvalue weighted by Gasteiger charge is 2.29. The summed E-state index contributed by atoms with van der Waals surface area (Å²) in [5.74, 6) is 0.615. The Kier molecular flexibility index (Phi) is 4.46. The van der Waals surface area contributed by atoms with Gasteiger partial charge in [-0.05, 0) is 18.9 Å². The van der Waals surface area contributed by atoms with Crippen LogP contribution < -0.4 is 9.47 Å². The van der Waals surface area contributed by atoms with Crippen LogP contribution in [0, 0.1) is 10.1 Å². The van der Waals surface area contributed by atoms with Gasteiger partial charge in [-0.1, -0.05) is 0 Å². The number of amides is 1. The van der Waals surface area contributed by atoms with Gasteiger partial charge in [-0.25, -0.2) is 4.79 Å². The molecule has 1 aromatic carbocycles. The summed E-state index contributed by atoms with van der Waals surface area (Å²) in [4.78, 5) is 22.6. The zero-order valence-corrected chi connectivity index (χ0v) is 11.5. The maximum Gasteiger partial charge on any atom is 0.407 e. The van der Waals surface area contributed by atoms with Crippen molar-refractivity contribution in [3.05, 3.63) is 28.3 Å². The Morgan fingerprint density at radius 2 is 2.29 bits per heavy atom. The summed E-state index contributed by atoms with van der Waals surface area (Å²) in [7, 11) is 1.44. The quantitative estimate of drug-likeness (QED) is 0.659. The molecule has 0 spiro atoms. The van der Waals surface area contributed by atoms with Crippen LogP contribution in [0.2, 0.25) is 0 Å². The summed E-state index contributed by atoms with van der Waals surface area (Å²) in [5, 5.41) is 19.8. The van der Waals surface area contributed by atoms with Crippen molar-refractivity contribution in [2.75, 3.05) is 20.3 Å². The minimum absolute atomic E-state index is 0.104. The molecule has 1 heterocycles. The first-order chi connectivity index (χ1) is 10.0. The highest BCUT2D eigenvalue weighted by Crippen LogP contribution is 2.32. The number of carboxylic acid groups (broad SMARTS) is 1. The molecule has 1 aliphatic heterocycles. The van der Waals surface area contributed by atoms with Crippen molar-refractivity contribution in [2.24, 2.45) is 0 Å². The van der Waals surface area contributed by atoms with Gasteiger partial charge in [0.15, 0.2) is 11.5 Å². The molecular weight excluding hydrogens is 280 g/mol. The largest absolute Gasteiger partial charge is 0.493 e. The van der Waals surface area contributed by atoms with Crippen LogP contribution in [0.1, 0.15) is 12.8 Å². The van der Waals surface area contributed by atoms with E-state index in [1.54, 1.807) is 0 Å². The third-order valence-electron chi connectivity index (χ3n) is 3.41. The topological polar surface area (TPSA) is 102 Å². The lowest BCUT2D eigenvalue weighted by molar-refractivity contribution is -0.385. The molecule has 0 aliphatic carbocycles. The standard InChI is InChI=1S/C13H16N2O6/c1-20-11-5-4-9(15(18)19)7-12(11)21-8-10-3-2-6-14(10)13(16)17/h4-5,7,10H,2-3,6,8H2,1H3,(H,16,17)/t10-/m0/s1. The molecule has 8 nitrogen and oxygen atoms in total. The molecular formula is C13H16N2O6. The second kappa shape index (κ2) is 6.29. The van der Waals surface area contributed by atoms with E-state index in [9.17, 15) is 14.9 Å². The Balaban J connectivity index is 2.09. The van der Waals surface area contributed by atoms with E-state index in [1.165, 1.54) is 30.2 Å². The number of ether oxygens (including phenoxy) is 2. The first-order valence-electron chi connectivity index (χ1n) is 6.47. The van der Waals surface area contributed by atoms with Gasteiger partial charge < -0.3 is 19.5 Å². The van der Waals surface area contributed by atoms with E-state index in [1.807, 2.05) is 0 Å². The molecule has 1 aliphatic rings. The molecule has 1 saturated heterocycles. The van der Waals surface area contributed by atoms with Gasteiger partial charge in [-0.2, -0.15) is 0 Å². The Bertz CT molecular complexity index is 547. The summed E-state index contributed by atoms with van der Waals surface area (Å²) >= 11 is 0. The smallest absolute Gasteiger partial charge is 0.407 e. The molecule has 0 radical (unpaired) electrons. The summed E-state index contributed by atoms with van der Waals surface area (Å²) in [6.07, 6.45) is 0.516. The number of nitrogens with zero attached hydrogens (tertiary/aromatic N) is 2. The molecule has 1 fully saturated rings. The predicted molar refractivity (Wildman–Crippen MR) is 72.9 cm³/mol. The van der Waals surface area contributed by atoms with E-state index in [-0.39, 0.29) is 24.1 Å². The lowest BCUT2D eigenvalue weighted by Gasteiger charge is -2.22. The van der Waals surface area contributed by atoms with Crippen molar-refractivity contribution < 1.29 is 24.3 Å². The number of benzene rings is 1. The van der Waals surface area contributed by atoms with E-state index in [0.717, 1.165) is 6.42 Å². The van der Waals surface area contributed by atoms with Crippen LogP contribution in [0.3, 0.4) is 0 Å². The van der Waals surface area contributed by atoms with Crippen molar-refractivity contribution in [3.8, 4) is 11.5 Å². The van der Waals surface area contributed by atoms with Gasteiger partial charge in [0.2, 0.25) is 0 Å². The van der Waals surface area contributed by atoms with Gasteiger partial charge in [0.1, 0.15) is 6.61 Å². The Morgan fingerprint density at radius 3 is 2.90 bits per heavy atom. The number of nitro benzene ring substituents is 1. The van der Waals surface area contributed by atoms with Crippen LogP contribution in [0.4, 0.5) is 10.5 Å². The Morgan fingerprint density at radius 1 is 1.52 bits per heavy atom. The number of nitro groups is 1. The molecule has 114 valence electrons. The Hall–Kier alpha value is -2.51. The molecule has 0 unspecified atom stereocenters. The van der Waals surface area contributed by atoms with Crippen LogP contribution in [-0.2, 0) is 0 Å². The number of hydrogen-bond acceptors (Lipinski definition) is 5. The molecule has 0 aromatic heterocycles. The van der Waals surface area contributed by atoms with Crippen LogP contribution >= 0.6 is 0 Å². The SMILES string of the molecule is COc1ccc([N+](=O)[O-])cc1OC[C@@H]1CCCN1C(=O)O. The summed E-state index contributed by atoms with van der Waals surface area (Å²) in [5.41, 5.74) is -0.104. The van der Waals surface area contributed by atoms with Gasteiger partial charge in [-0.15, -0.1) is 0 Å². The fourth-order valence-electron chi connectivity index (χ4n) is 2.34. The molecule has 2 rings (SSSR count). The van der Waals surface area contributed by atoms with E-state index in [4.69, 9.17) is 14.6 Å². The van der Waals surface area contributed by atoms with Crippen LogP contribution in [0.25, 0.3) is 0 Å². The zero-order chi connectivity index (χ0) is 15.4. The number of likely N-dealkylation sites (tertiary alicyclic amines) is 1. The fraction of sp³-hybridized carbons (Fsp3) is 0.462. The monoisotopic (exact) mass is 296 g/mol. The summed E-state index contributed by atoms with van der Waals surface area (Å²) in [6, 6.07) is 3.81. The Labute approximate surface area is 121 Å². The minimum atomic E-state index is -0.980. The fourth-order valence-corrected chi connectivity index (χ4v) is 2.34. The second-order valence-corrected chi connectivity index (χ2v) is 4.68. The maximum absolute atomic E-state index is 11.0. The normalized spacial score (nSPS) is 17.6. The van der Waals surface area contributed by atoms with E-state index >= 15 is 0 Å². The van der Waals surface area contributed by atoms with Crippen molar-refractivity contribution in [1.82, 2.24) is 4.90 Å². The third kappa shape index (κ3) is 3.33. The van der Waals surface area contributed by atoms with Crippen molar-refractivity contribution in [2.45, 2.75) is 18.9 Å². The number of hydrogen-bond donors (Lipinski definition) is 1. The number of methoxy groups -OCH3 is 1. The van der Waals surface area contributed by atoms with Gasteiger partial charge in [0.25, 0.3) is 5.69 Å². The van der Waals surface area contributed by atoms with Crippen molar-refractivity contribution in [1.29, 1.82) is 0 Å². The molecule has 1 aromatic rings. The molecule has 1 N–H and O–H groups in total. The summed E-state index contributed by atoms with van der Waals surface area (Å²) < 4.78 is 10.6. The third-order valence-corrected chi connectivity index (χ3v) is 3.41. The number of carbonyl (C=O) groups is 1. The zero-order valence-electron chi connectivity index (χ0n) is 11.5. The average molecular weight is 296 g/mol. The average Bonchev–Trinajstić information content (AvgIpc) is 2.93. The summed E-state index contributed by atoms with van der Waals surface area (Å²) in [6.45, 7) is 0.624. The molecule has 8 heteroatoms. The molecule has 1 amide bonds. The maximum atomic E-state index is 11.0. The minimum Gasteiger partial charge on any atom is -0.493 e. The van der Waals surface area contributed by atoms with Crippen LogP contribution in [0.15, 0.2) is 18.2 Å². The van der Waals surface area contributed by atoms with Crippen molar-refractivity contribution >= 4 is 11.8 Å². The highest BCUT2D eigenvalue weighted by atomic mass is 16.6. The molecule has 0 saturated carbocycles. The number of rotatable bonds is 5.